The van der Waals surface area contributed by atoms with E-state index in [1.807, 2.05) is 0 Å². The molecule has 0 heterocycles. The summed E-state index contributed by atoms with van der Waals surface area (Å²) < 4.78 is 62.0. The van der Waals surface area contributed by atoms with Gasteiger partial charge in [-0.25, -0.2) is 0 Å². The number of nitriles is 1. The molecule has 0 atom stereocenters. The zero-order valence-corrected chi connectivity index (χ0v) is 15.9. The van der Waals surface area contributed by atoms with Gasteiger partial charge in [-0.15, -0.1) is 0 Å². The van der Waals surface area contributed by atoms with Crippen LogP contribution < -0.4 is 0 Å². The van der Waals surface area contributed by atoms with Crippen LogP contribution in [0.4, 0.5) is 0 Å². The standard InChI is InChI=1S/C14H18BrNO6S2/c15-13-5-3-12(4-6-13)14(11-16,7-1-9-23(17,18)19)8-2-10-24(20,21)22/h3-6H,1-2,7-10H2,(H,17,18,19)(H,20,21,22). The highest BCUT2D eigenvalue weighted by Gasteiger charge is 2.32. The van der Waals surface area contributed by atoms with Crippen molar-refractivity contribution in [1.82, 2.24) is 0 Å². The van der Waals surface area contributed by atoms with Gasteiger partial charge in [-0.3, -0.25) is 9.11 Å². The lowest BCUT2D eigenvalue weighted by Gasteiger charge is -2.27. The molecule has 0 aliphatic rings. The monoisotopic (exact) mass is 439 g/mol. The Hall–Kier alpha value is -0.990. The molecule has 2 N–H and O–H groups in total. The fraction of sp³-hybridized carbons (Fsp3) is 0.500. The first-order valence-corrected chi connectivity index (χ1v) is 11.1. The highest BCUT2D eigenvalue weighted by atomic mass is 79.9. The number of nitrogens with zero attached hydrogens (tertiary/aromatic N) is 1. The first-order valence-electron chi connectivity index (χ1n) is 7.05. The maximum Gasteiger partial charge on any atom is 0.264 e. The van der Waals surface area contributed by atoms with Gasteiger partial charge < -0.3 is 0 Å². The molecular formula is C14H18BrNO6S2. The van der Waals surface area contributed by atoms with Crippen molar-refractivity contribution >= 4 is 36.2 Å². The van der Waals surface area contributed by atoms with Crippen molar-refractivity contribution in [3.05, 3.63) is 34.3 Å². The van der Waals surface area contributed by atoms with Gasteiger partial charge in [0.1, 0.15) is 0 Å². The Balaban J connectivity index is 3.02. The van der Waals surface area contributed by atoms with Crippen molar-refractivity contribution in [1.29, 1.82) is 5.26 Å². The van der Waals surface area contributed by atoms with Crippen molar-refractivity contribution < 1.29 is 25.9 Å². The highest BCUT2D eigenvalue weighted by molar-refractivity contribution is 9.10. The third-order valence-corrected chi connectivity index (χ3v) is 5.76. The molecular weight excluding hydrogens is 422 g/mol. The number of hydrogen-bond acceptors (Lipinski definition) is 5. The van der Waals surface area contributed by atoms with Crippen LogP contribution in [0.15, 0.2) is 28.7 Å². The topological polar surface area (TPSA) is 133 Å². The van der Waals surface area contributed by atoms with E-state index < -0.39 is 37.2 Å². The zero-order valence-electron chi connectivity index (χ0n) is 12.7. The molecule has 10 heteroatoms. The minimum absolute atomic E-state index is 0.0499. The Morgan fingerprint density at radius 1 is 0.958 bits per heavy atom. The Labute approximate surface area is 150 Å². The van der Waals surface area contributed by atoms with Gasteiger partial charge in [0, 0.05) is 4.47 Å². The number of halogens is 1. The van der Waals surface area contributed by atoms with Crippen LogP contribution in [-0.4, -0.2) is 37.4 Å². The molecule has 0 radical (unpaired) electrons. The summed E-state index contributed by atoms with van der Waals surface area (Å²) in [6.45, 7) is 0. The fourth-order valence-corrected chi connectivity index (χ4v) is 3.75. The molecule has 134 valence electrons. The smallest absolute Gasteiger partial charge is 0.264 e. The van der Waals surface area contributed by atoms with Gasteiger partial charge in [-0.1, -0.05) is 28.1 Å². The van der Waals surface area contributed by atoms with E-state index in [4.69, 9.17) is 9.11 Å². The number of rotatable bonds is 9. The molecule has 7 nitrogen and oxygen atoms in total. The summed E-state index contributed by atoms with van der Waals surface area (Å²) in [5, 5.41) is 9.67. The second-order valence-corrected chi connectivity index (χ2v) is 9.54. The molecule has 1 rings (SSSR count). The highest BCUT2D eigenvalue weighted by Crippen LogP contribution is 2.35. The maximum absolute atomic E-state index is 10.9. The molecule has 0 aliphatic carbocycles. The Morgan fingerprint density at radius 3 is 1.71 bits per heavy atom. The Kier molecular flexibility index (Phi) is 7.37. The lowest BCUT2D eigenvalue weighted by Crippen LogP contribution is -2.26. The van der Waals surface area contributed by atoms with E-state index in [9.17, 15) is 22.1 Å². The SMILES string of the molecule is N#CC(CCCS(=O)(=O)O)(CCCS(=O)(=O)O)c1ccc(Br)cc1. The number of benzene rings is 1. The predicted octanol–water partition coefficient (Wildman–Crippen LogP) is 2.55. The van der Waals surface area contributed by atoms with Crippen LogP contribution in [0.1, 0.15) is 31.2 Å². The van der Waals surface area contributed by atoms with Crippen LogP contribution in [-0.2, 0) is 25.7 Å². The maximum atomic E-state index is 10.9. The molecule has 0 saturated heterocycles. The molecule has 0 saturated carbocycles. The van der Waals surface area contributed by atoms with Crippen LogP contribution in [0.2, 0.25) is 0 Å². The summed E-state index contributed by atoms with van der Waals surface area (Å²) in [7, 11) is -8.28. The summed E-state index contributed by atoms with van der Waals surface area (Å²) in [6.07, 6.45) is 0.370. The Morgan fingerprint density at radius 2 is 1.38 bits per heavy atom. The molecule has 1 aromatic rings. The van der Waals surface area contributed by atoms with Gasteiger partial charge in [0.05, 0.1) is 23.0 Å². The van der Waals surface area contributed by atoms with Crippen LogP contribution in [0.3, 0.4) is 0 Å². The van der Waals surface area contributed by atoms with E-state index in [2.05, 4.69) is 22.0 Å². The molecule has 0 aliphatic heterocycles. The van der Waals surface area contributed by atoms with Crippen LogP contribution in [0.25, 0.3) is 0 Å². The Bertz CT molecular complexity index is 759. The van der Waals surface area contributed by atoms with Crippen molar-refractivity contribution in [3.63, 3.8) is 0 Å². The van der Waals surface area contributed by atoms with Gasteiger partial charge in [0.2, 0.25) is 0 Å². The van der Waals surface area contributed by atoms with Crippen molar-refractivity contribution in [2.45, 2.75) is 31.1 Å². The van der Waals surface area contributed by atoms with Crippen LogP contribution in [0.5, 0.6) is 0 Å². The van der Waals surface area contributed by atoms with Crippen LogP contribution >= 0.6 is 15.9 Å². The lowest BCUT2D eigenvalue weighted by molar-refractivity contribution is 0.435. The third kappa shape index (κ3) is 7.27. The first-order chi connectivity index (χ1) is 11.0. The zero-order chi connectivity index (χ0) is 18.4. The summed E-state index contributed by atoms with van der Waals surface area (Å²) in [6, 6.07) is 9.02. The molecule has 0 spiro atoms. The molecule has 0 aromatic heterocycles. The second kappa shape index (κ2) is 8.40. The van der Waals surface area contributed by atoms with E-state index >= 15 is 0 Å². The van der Waals surface area contributed by atoms with E-state index in [-0.39, 0.29) is 25.7 Å². The van der Waals surface area contributed by atoms with Gasteiger partial charge in [0.15, 0.2) is 0 Å². The normalized spacial score (nSPS) is 12.8. The largest absolute Gasteiger partial charge is 0.286 e. The molecule has 24 heavy (non-hydrogen) atoms. The summed E-state index contributed by atoms with van der Waals surface area (Å²) in [5.74, 6) is -0.962. The van der Waals surface area contributed by atoms with E-state index in [1.165, 1.54) is 0 Å². The molecule has 0 unspecified atom stereocenters. The first kappa shape index (κ1) is 21.1. The van der Waals surface area contributed by atoms with Gasteiger partial charge in [0.25, 0.3) is 20.2 Å². The second-order valence-electron chi connectivity index (χ2n) is 5.48. The van der Waals surface area contributed by atoms with E-state index in [1.54, 1.807) is 24.3 Å². The summed E-state index contributed by atoms with van der Waals surface area (Å²) in [5.41, 5.74) is -0.477. The van der Waals surface area contributed by atoms with Gasteiger partial charge >= 0.3 is 0 Å². The molecule has 0 bridgehead atoms. The lowest BCUT2D eigenvalue weighted by atomic mass is 9.75. The fourth-order valence-electron chi connectivity index (χ4n) is 2.47. The van der Waals surface area contributed by atoms with Crippen molar-refractivity contribution in [3.8, 4) is 6.07 Å². The van der Waals surface area contributed by atoms with Gasteiger partial charge in [-0.2, -0.15) is 22.1 Å². The van der Waals surface area contributed by atoms with Crippen LogP contribution in [0, 0.1) is 11.3 Å². The van der Waals surface area contributed by atoms with E-state index in [0.717, 1.165) is 4.47 Å². The van der Waals surface area contributed by atoms with Crippen molar-refractivity contribution in [2.75, 3.05) is 11.5 Å². The average Bonchev–Trinajstić information content (AvgIpc) is 2.44. The van der Waals surface area contributed by atoms with Gasteiger partial charge in [-0.05, 0) is 43.4 Å². The average molecular weight is 440 g/mol. The number of hydrogen-bond donors (Lipinski definition) is 2. The summed E-state index contributed by atoms with van der Waals surface area (Å²) >= 11 is 3.28. The minimum atomic E-state index is -4.14. The third-order valence-electron chi connectivity index (χ3n) is 3.62. The molecule has 0 fully saturated rings. The van der Waals surface area contributed by atoms with E-state index in [0.29, 0.717) is 5.56 Å². The quantitative estimate of drug-likeness (QED) is 0.564. The minimum Gasteiger partial charge on any atom is -0.286 e. The summed E-state index contributed by atoms with van der Waals surface area (Å²) in [4.78, 5) is 0. The molecule has 1 aromatic carbocycles. The molecule has 0 amide bonds. The predicted molar refractivity (Wildman–Crippen MR) is 92.7 cm³/mol. The van der Waals surface area contributed by atoms with Crippen molar-refractivity contribution in [2.24, 2.45) is 0 Å².